The van der Waals surface area contributed by atoms with Crippen LogP contribution in [0.25, 0.3) is 0 Å². The summed E-state index contributed by atoms with van der Waals surface area (Å²) in [6, 6.07) is 9.51. The third-order valence-electron chi connectivity index (χ3n) is 6.22. The summed E-state index contributed by atoms with van der Waals surface area (Å²) in [6.07, 6.45) is 5.83. The zero-order valence-electron chi connectivity index (χ0n) is 13.1. The first-order valence-corrected chi connectivity index (χ1v) is 8.52. The molecule has 4 fully saturated rings. The highest BCUT2D eigenvalue weighted by molar-refractivity contribution is 5.34. The second kappa shape index (κ2) is 4.85. The van der Waals surface area contributed by atoms with E-state index in [0.29, 0.717) is 11.8 Å². The second-order valence-electron chi connectivity index (χ2n) is 7.82. The Kier molecular flexibility index (Phi) is 3.15. The SMILES string of the molecule is CC(O)(C#CC1(O)C2CC3CC(C2)CC1C3)c1ccccc1. The highest BCUT2D eigenvalue weighted by Crippen LogP contribution is 2.58. The molecule has 4 bridgehead atoms. The maximum Gasteiger partial charge on any atom is 0.148 e. The quantitative estimate of drug-likeness (QED) is 0.782. The monoisotopic (exact) mass is 296 g/mol. The van der Waals surface area contributed by atoms with Gasteiger partial charge in [-0.25, -0.2) is 0 Å². The van der Waals surface area contributed by atoms with Crippen molar-refractivity contribution in [3.8, 4) is 11.8 Å². The molecule has 0 heterocycles. The lowest BCUT2D eigenvalue weighted by atomic mass is 9.50. The van der Waals surface area contributed by atoms with Crippen molar-refractivity contribution in [3.63, 3.8) is 0 Å². The van der Waals surface area contributed by atoms with Crippen LogP contribution in [0.2, 0.25) is 0 Å². The van der Waals surface area contributed by atoms with Crippen LogP contribution in [0.5, 0.6) is 0 Å². The van der Waals surface area contributed by atoms with Crippen molar-refractivity contribution in [2.75, 3.05) is 0 Å². The number of hydrogen-bond donors (Lipinski definition) is 2. The molecule has 0 radical (unpaired) electrons. The third-order valence-corrected chi connectivity index (χ3v) is 6.22. The van der Waals surface area contributed by atoms with E-state index < -0.39 is 11.2 Å². The van der Waals surface area contributed by atoms with Gasteiger partial charge in [0, 0.05) is 0 Å². The lowest BCUT2D eigenvalue weighted by Crippen LogP contribution is -2.57. The molecule has 2 heteroatoms. The Morgan fingerprint density at radius 2 is 1.55 bits per heavy atom. The van der Waals surface area contributed by atoms with Gasteiger partial charge < -0.3 is 10.2 Å². The van der Waals surface area contributed by atoms with E-state index in [-0.39, 0.29) is 0 Å². The molecule has 1 atom stereocenters. The van der Waals surface area contributed by atoms with Crippen molar-refractivity contribution >= 4 is 0 Å². The van der Waals surface area contributed by atoms with Gasteiger partial charge in [0.25, 0.3) is 0 Å². The van der Waals surface area contributed by atoms with Gasteiger partial charge in [-0.2, -0.15) is 0 Å². The molecule has 0 aromatic heterocycles. The lowest BCUT2D eigenvalue weighted by molar-refractivity contribution is -0.137. The topological polar surface area (TPSA) is 40.5 Å². The van der Waals surface area contributed by atoms with Crippen molar-refractivity contribution in [3.05, 3.63) is 35.9 Å². The van der Waals surface area contributed by atoms with Crippen molar-refractivity contribution in [1.29, 1.82) is 0 Å². The van der Waals surface area contributed by atoms with Crippen LogP contribution in [0.15, 0.2) is 30.3 Å². The summed E-state index contributed by atoms with van der Waals surface area (Å²) in [6.45, 7) is 1.72. The van der Waals surface area contributed by atoms with E-state index in [9.17, 15) is 10.2 Å². The minimum atomic E-state index is -1.20. The van der Waals surface area contributed by atoms with Crippen LogP contribution in [0, 0.1) is 35.5 Å². The molecular weight excluding hydrogens is 272 g/mol. The summed E-state index contributed by atoms with van der Waals surface area (Å²) in [5.74, 6) is 8.36. The smallest absolute Gasteiger partial charge is 0.148 e. The minimum absolute atomic E-state index is 0.308. The standard InChI is InChI=1S/C20H24O2/c1-19(21,16-5-3-2-4-6-16)7-8-20(22)17-10-14-9-15(12-17)13-18(20)11-14/h2-6,14-15,17-18,21-22H,9-13H2,1H3. The van der Waals surface area contributed by atoms with Gasteiger partial charge in [-0.1, -0.05) is 42.2 Å². The van der Waals surface area contributed by atoms with Gasteiger partial charge in [0.05, 0.1) is 0 Å². The largest absolute Gasteiger partial charge is 0.377 e. The molecule has 1 unspecified atom stereocenters. The van der Waals surface area contributed by atoms with Crippen LogP contribution in [-0.2, 0) is 5.60 Å². The average molecular weight is 296 g/mol. The summed E-state index contributed by atoms with van der Waals surface area (Å²) in [5.41, 5.74) is -1.30. The summed E-state index contributed by atoms with van der Waals surface area (Å²) >= 11 is 0. The third kappa shape index (κ3) is 2.19. The highest BCUT2D eigenvalue weighted by atomic mass is 16.3. The summed E-state index contributed by atoms with van der Waals surface area (Å²) in [4.78, 5) is 0. The van der Waals surface area contributed by atoms with Crippen molar-refractivity contribution in [2.45, 2.75) is 50.2 Å². The average Bonchev–Trinajstić information content (AvgIpc) is 2.51. The molecule has 1 aromatic rings. The van der Waals surface area contributed by atoms with E-state index in [1.54, 1.807) is 6.92 Å². The Balaban J connectivity index is 1.64. The highest BCUT2D eigenvalue weighted by Gasteiger charge is 2.56. The van der Waals surface area contributed by atoms with Crippen molar-refractivity contribution in [2.24, 2.45) is 23.7 Å². The molecule has 0 saturated heterocycles. The zero-order valence-corrected chi connectivity index (χ0v) is 13.1. The second-order valence-corrected chi connectivity index (χ2v) is 7.82. The Bertz CT molecular complexity index is 592. The number of hydrogen-bond acceptors (Lipinski definition) is 2. The Hall–Kier alpha value is -1.30. The van der Waals surface area contributed by atoms with E-state index in [0.717, 1.165) is 43.1 Å². The van der Waals surface area contributed by atoms with Crippen molar-refractivity contribution in [1.82, 2.24) is 0 Å². The Morgan fingerprint density at radius 3 is 2.09 bits per heavy atom. The van der Waals surface area contributed by atoms with Crippen LogP contribution in [-0.4, -0.2) is 15.8 Å². The predicted molar refractivity (Wildman–Crippen MR) is 85.8 cm³/mol. The molecule has 2 nitrogen and oxygen atoms in total. The molecule has 1 aromatic carbocycles. The van der Waals surface area contributed by atoms with Gasteiger partial charge in [0.15, 0.2) is 0 Å². The van der Waals surface area contributed by atoms with Crippen LogP contribution in [0.3, 0.4) is 0 Å². The number of rotatable bonds is 1. The molecule has 116 valence electrons. The zero-order chi connectivity index (χ0) is 15.4. The van der Waals surface area contributed by atoms with Crippen LogP contribution < -0.4 is 0 Å². The van der Waals surface area contributed by atoms with E-state index in [1.807, 2.05) is 30.3 Å². The van der Waals surface area contributed by atoms with Gasteiger partial charge in [-0.15, -0.1) is 0 Å². The number of aliphatic hydroxyl groups is 2. The lowest BCUT2D eigenvalue weighted by Gasteiger charge is -2.57. The fraction of sp³-hybridized carbons (Fsp3) is 0.600. The predicted octanol–water partition coefficient (Wildman–Crippen LogP) is 3.08. The Labute approximate surface area is 132 Å². The normalized spacial score (nSPS) is 41.6. The van der Waals surface area contributed by atoms with Gasteiger partial charge in [0.2, 0.25) is 0 Å². The maximum absolute atomic E-state index is 11.2. The summed E-state index contributed by atoms with van der Waals surface area (Å²) < 4.78 is 0. The van der Waals surface area contributed by atoms with Gasteiger partial charge >= 0.3 is 0 Å². The molecule has 2 N–H and O–H groups in total. The summed E-state index contributed by atoms with van der Waals surface area (Å²) in [5, 5.41) is 21.9. The van der Waals surface area contributed by atoms with Gasteiger partial charge in [-0.05, 0) is 68.3 Å². The maximum atomic E-state index is 11.2. The fourth-order valence-electron chi connectivity index (χ4n) is 5.16. The molecule has 4 aliphatic rings. The van der Waals surface area contributed by atoms with Crippen LogP contribution in [0.4, 0.5) is 0 Å². The van der Waals surface area contributed by atoms with Crippen LogP contribution in [0.1, 0.15) is 44.6 Å². The molecular formula is C20H24O2. The molecule has 4 saturated carbocycles. The van der Waals surface area contributed by atoms with E-state index >= 15 is 0 Å². The molecule has 4 aliphatic carbocycles. The first-order valence-electron chi connectivity index (χ1n) is 8.52. The van der Waals surface area contributed by atoms with Crippen LogP contribution >= 0.6 is 0 Å². The molecule has 22 heavy (non-hydrogen) atoms. The fourth-order valence-corrected chi connectivity index (χ4v) is 5.16. The Morgan fingerprint density at radius 1 is 1.00 bits per heavy atom. The van der Waals surface area contributed by atoms with E-state index in [2.05, 4.69) is 11.8 Å². The van der Waals surface area contributed by atoms with E-state index in [1.165, 1.54) is 6.42 Å². The molecule has 5 rings (SSSR count). The van der Waals surface area contributed by atoms with Gasteiger partial charge in [0.1, 0.15) is 11.2 Å². The van der Waals surface area contributed by atoms with Gasteiger partial charge in [-0.3, -0.25) is 0 Å². The van der Waals surface area contributed by atoms with E-state index in [4.69, 9.17) is 0 Å². The summed E-state index contributed by atoms with van der Waals surface area (Å²) in [7, 11) is 0. The molecule has 0 aliphatic heterocycles. The first kappa shape index (κ1) is 14.3. The van der Waals surface area contributed by atoms with Crippen molar-refractivity contribution < 1.29 is 10.2 Å². The minimum Gasteiger partial charge on any atom is -0.377 e. The number of benzene rings is 1. The molecule has 0 spiro atoms. The molecule has 0 amide bonds. The first-order chi connectivity index (χ1) is 10.5.